The first-order chi connectivity index (χ1) is 12.5. The lowest BCUT2D eigenvalue weighted by atomic mass is 9.97. The largest absolute Gasteiger partial charge is 0.375 e. The number of hydrogen-bond donors (Lipinski definition) is 1. The van der Waals surface area contributed by atoms with Crippen LogP contribution in [-0.4, -0.2) is 66.1 Å². The highest BCUT2D eigenvalue weighted by molar-refractivity contribution is 14.0. The van der Waals surface area contributed by atoms with Gasteiger partial charge in [0, 0.05) is 31.7 Å². The Bertz CT molecular complexity index is 610. The number of aliphatic imine (C=N–C) groups is 1. The van der Waals surface area contributed by atoms with Gasteiger partial charge in [0.15, 0.2) is 11.8 Å². The van der Waals surface area contributed by atoms with Crippen molar-refractivity contribution in [1.82, 2.24) is 20.4 Å². The molecule has 0 saturated carbocycles. The third kappa shape index (κ3) is 6.02. The van der Waals surface area contributed by atoms with Gasteiger partial charge in [-0.05, 0) is 19.8 Å². The number of nitrogens with one attached hydrogen (secondary N) is 1. The maximum Gasteiger partial charge on any atom is 0.232 e. The van der Waals surface area contributed by atoms with E-state index < -0.39 is 0 Å². The molecule has 0 bridgehead atoms. The third-order valence-corrected chi connectivity index (χ3v) is 4.59. The number of morpholine rings is 1. The van der Waals surface area contributed by atoms with Crippen LogP contribution in [0.15, 0.2) is 9.52 Å². The van der Waals surface area contributed by atoms with Crippen molar-refractivity contribution >= 4 is 29.9 Å². The minimum atomic E-state index is -0.155. The van der Waals surface area contributed by atoms with Gasteiger partial charge >= 0.3 is 0 Å². The minimum absolute atomic E-state index is 0. The van der Waals surface area contributed by atoms with E-state index in [1.54, 1.807) is 0 Å². The Morgan fingerprint density at radius 2 is 2.04 bits per heavy atom. The second-order valence-corrected chi connectivity index (χ2v) is 7.84. The van der Waals surface area contributed by atoms with Gasteiger partial charge in [0.2, 0.25) is 5.89 Å². The summed E-state index contributed by atoms with van der Waals surface area (Å²) in [5.41, 5.74) is -0.155. The van der Waals surface area contributed by atoms with Crippen molar-refractivity contribution in [3.8, 4) is 0 Å². The first kappa shape index (κ1) is 22.4. The van der Waals surface area contributed by atoms with E-state index >= 15 is 0 Å². The SMILES string of the molecule is CCNC(=NCc1noc(C(C)(C)C)n1)N1CCOC(C2CCCO2)C1.I. The average molecular weight is 493 g/mol. The smallest absolute Gasteiger partial charge is 0.232 e. The van der Waals surface area contributed by atoms with Crippen LogP contribution in [-0.2, 0) is 21.4 Å². The molecule has 1 aromatic rings. The molecule has 0 aromatic carbocycles. The number of ether oxygens (including phenoxy) is 2. The average Bonchev–Trinajstić information content (AvgIpc) is 3.30. The van der Waals surface area contributed by atoms with E-state index in [0.717, 1.165) is 45.0 Å². The predicted molar refractivity (Wildman–Crippen MR) is 114 cm³/mol. The van der Waals surface area contributed by atoms with Gasteiger partial charge in [-0.25, -0.2) is 4.99 Å². The van der Waals surface area contributed by atoms with Crippen LogP contribution in [0.5, 0.6) is 0 Å². The standard InChI is InChI=1S/C18H31N5O3.HI/c1-5-19-17(20-11-15-21-16(26-22-15)18(2,3)4)23-8-10-25-14(12-23)13-7-6-9-24-13;/h13-14H,5-12H2,1-4H3,(H,19,20);1H. The lowest BCUT2D eigenvalue weighted by Gasteiger charge is -2.37. The number of halogens is 1. The zero-order chi connectivity index (χ0) is 18.6. The van der Waals surface area contributed by atoms with Gasteiger partial charge in [0.1, 0.15) is 12.6 Å². The molecule has 0 amide bonds. The van der Waals surface area contributed by atoms with Crippen LogP contribution in [0.2, 0.25) is 0 Å². The molecular weight excluding hydrogens is 461 g/mol. The maximum atomic E-state index is 5.93. The molecule has 3 rings (SSSR count). The monoisotopic (exact) mass is 493 g/mol. The van der Waals surface area contributed by atoms with Gasteiger partial charge in [-0.1, -0.05) is 25.9 Å². The number of hydrogen-bond acceptors (Lipinski definition) is 6. The molecule has 2 aliphatic heterocycles. The van der Waals surface area contributed by atoms with Gasteiger partial charge in [-0.15, -0.1) is 24.0 Å². The molecule has 0 radical (unpaired) electrons. The number of nitrogens with zero attached hydrogens (tertiary/aromatic N) is 4. The zero-order valence-corrected chi connectivity index (χ0v) is 19.1. The summed E-state index contributed by atoms with van der Waals surface area (Å²) in [6.45, 7) is 12.6. The fraction of sp³-hybridized carbons (Fsp3) is 0.833. The first-order valence-electron chi connectivity index (χ1n) is 9.57. The van der Waals surface area contributed by atoms with Crippen molar-refractivity contribution in [3.63, 3.8) is 0 Å². The predicted octanol–water partition coefficient (Wildman–Crippen LogP) is 2.33. The Kier molecular flexibility index (Phi) is 8.29. The highest BCUT2D eigenvalue weighted by Gasteiger charge is 2.32. The zero-order valence-electron chi connectivity index (χ0n) is 16.7. The van der Waals surface area contributed by atoms with Crippen LogP contribution in [0.4, 0.5) is 0 Å². The van der Waals surface area contributed by atoms with E-state index in [9.17, 15) is 0 Å². The lowest BCUT2D eigenvalue weighted by Crippen LogP contribution is -2.53. The minimum Gasteiger partial charge on any atom is -0.375 e. The lowest BCUT2D eigenvalue weighted by molar-refractivity contribution is -0.0817. The van der Waals surface area contributed by atoms with Crippen molar-refractivity contribution in [2.75, 3.05) is 32.8 Å². The van der Waals surface area contributed by atoms with Gasteiger partial charge < -0.3 is 24.2 Å². The Hall–Kier alpha value is -0.940. The molecule has 1 N–H and O–H groups in total. The van der Waals surface area contributed by atoms with Crippen LogP contribution < -0.4 is 5.32 Å². The van der Waals surface area contributed by atoms with E-state index in [4.69, 9.17) is 19.0 Å². The molecule has 2 atom stereocenters. The van der Waals surface area contributed by atoms with Crippen molar-refractivity contribution in [2.45, 2.75) is 64.7 Å². The van der Waals surface area contributed by atoms with Crippen molar-refractivity contribution in [2.24, 2.45) is 4.99 Å². The molecule has 2 fully saturated rings. The first-order valence-corrected chi connectivity index (χ1v) is 9.57. The van der Waals surface area contributed by atoms with Gasteiger partial charge in [0.25, 0.3) is 0 Å². The van der Waals surface area contributed by atoms with E-state index in [1.165, 1.54) is 0 Å². The highest BCUT2D eigenvalue weighted by Crippen LogP contribution is 2.22. The third-order valence-electron chi connectivity index (χ3n) is 4.59. The molecule has 8 nitrogen and oxygen atoms in total. The fourth-order valence-electron chi connectivity index (χ4n) is 3.18. The Balaban J connectivity index is 0.00000261. The van der Waals surface area contributed by atoms with Crippen LogP contribution in [0.25, 0.3) is 0 Å². The van der Waals surface area contributed by atoms with Gasteiger partial charge in [-0.3, -0.25) is 0 Å². The normalized spacial score (nSPS) is 24.0. The number of rotatable bonds is 4. The van der Waals surface area contributed by atoms with E-state index in [1.807, 2.05) is 0 Å². The summed E-state index contributed by atoms with van der Waals surface area (Å²) < 4.78 is 17.1. The summed E-state index contributed by atoms with van der Waals surface area (Å²) in [6.07, 6.45) is 2.50. The summed E-state index contributed by atoms with van der Waals surface area (Å²) >= 11 is 0. The number of guanidine groups is 1. The fourth-order valence-corrected chi connectivity index (χ4v) is 3.18. The molecule has 27 heavy (non-hydrogen) atoms. The van der Waals surface area contributed by atoms with Crippen LogP contribution in [0, 0.1) is 0 Å². The van der Waals surface area contributed by atoms with Gasteiger partial charge in [-0.2, -0.15) is 4.98 Å². The molecule has 1 aromatic heterocycles. The topological polar surface area (TPSA) is 85.0 Å². The van der Waals surface area contributed by atoms with E-state index in [2.05, 4.69) is 48.1 Å². The molecule has 9 heteroatoms. The Labute approximate surface area is 178 Å². The van der Waals surface area contributed by atoms with Crippen LogP contribution in [0.1, 0.15) is 52.3 Å². The highest BCUT2D eigenvalue weighted by atomic mass is 127. The van der Waals surface area contributed by atoms with Gasteiger partial charge in [0.05, 0.1) is 12.7 Å². The molecule has 2 aliphatic rings. The van der Waals surface area contributed by atoms with Crippen molar-refractivity contribution < 1.29 is 14.0 Å². The molecule has 0 aliphatic carbocycles. The molecule has 2 saturated heterocycles. The summed E-state index contributed by atoms with van der Waals surface area (Å²) in [4.78, 5) is 11.4. The van der Waals surface area contributed by atoms with E-state index in [0.29, 0.717) is 24.9 Å². The Morgan fingerprint density at radius 3 is 2.67 bits per heavy atom. The second kappa shape index (κ2) is 10.0. The van der Waals surface area contributed by atoms with Crippen molar-refractivity contribution in [1.29, 1.82) is 0 Å². The molecule has 2 unspecified atom stereocenters. The summed E-state index contributed by atoms with van der Waals surface area (Å²) in [7, 11) is 0. The molecule has 154 valence electrons. The quantitative estimate of drug-likeness (QED) is 0.392. The summed E-state index contributed by atoms with van der Waals surface area (Å²) in [5, 5.41) is 7.42. The summed E-state index contributed by atoms with van der Waals surface area (Å²) in [5.74, 6) is 2.10. The molecular formula is C18H32IN5O3. The maximum absolute atomic E-state index is 5.93. The second-order valence-electron chi connectivity index (χ2n) is 7.84. The van der Waals surface area contributed by atoms with Crippen LogP contribution in [0.3, 0.4) is 0 Å². The molecule has 3 heterocycles. The number of aromatic nitrogens is 2. The van der Waals surface area contributed by atoms with E-state index in [-0.39, 0.29) is 41.6 Å². The van der Waals surface area contributed by atoms with Crippen molar-refractivity contribution in [3.05, 3.63) is 11.7 Å². The van der Waals surface area contributed by atoms with Crippen LogP contribution >= 0.6 is 24.0 Å². The molecule has 0 spiro atoms. The summed E-state index contributed by atoms with van der Waals surface area (Å²) in [6, 6.07) is 0. The Morgan fingerprint density at radius 1 is 1.26 bits per heavy atom.